The van der Waals surface area contributed by atoms with Gasteiger partial charge in [-0.2, -0.15) is 4.57 Å². The van der Waals surface area contributed by atoms with Gasteiger partial charge in [0.15, 0.2) is 6.10 Å². The number of nitrogens with one attached hydrogen (secondary N) is 1. The minimum absolute atomic E-state index is 0.0270. The van der Waals surface area contributed by atoms with E-state index in [4.69, 9.17) is 9.84 Å². The van der Waals surface area contributed by atoms with Crippen molar-refractivity contribution in [2.45, 2.75) is 24.4 Å². The van der Waals surface area contributed by atoms with Crippen molar-refractivity contribution in [3.05, 3.63) is 33.1 Å². The highest BCUT2D eigenvalue weighted by Crippen LogP contribution is 2.22. The highest BCUT2D eigenvalue weighted by atomic mass is 16.6. The Morgan fingerprint density at radius 1 is 1.32 bits per heavy atom. The van der Waals surface area contributed by atoms with Crippen molar-refractivity contribution in [2.75, 3.05) is 6.61 Å². The topological polar surface area (TPSA) is 168 Å². The lowest BCUT2D eigenvalue weighted by atomic mass is 10.1. The number of aromatic amines is 1. The van der Waals surface area contributed by atoms with Gasteiger partial charge in [0.05, 0.1) is 6.61 Å². The highest BCUT2D eigenvalue weighted by molar-refractivity contribution is 5.88. The van der Waals surface area contributed by atoms with Crippen LogP contribution in [-0.4, -0.2) is 68.0 Å². The number of aliphatic hydroxyl groups is 3. The first kappa shape index (κ1) is 16.0. The van der Waals surface area contributed by atoms with Crippen LogP contribution in [0, 0.1) is 0 Å². The van der Waals surface area contributed by atoms with Crippen molar-refractivity contribution in [3.63, 3.8) is 0 Å². The number of carbonyl (C=O) groups is 2. The molecule has 0 aromatic carbocycles. The van der Waals surface area contributed by atoms with Gasteiger partial charge < -0.3 is 29.8 Å². The molecule has 0 aliphatic carbocycles. The molecule has 0 bridgehead atoms. The fourth-order valence-electron chi connectivity index (χ4n) is 1.88. The number of hydrogen-bond acceptors (Lipinski definition) is 9. The molecule has 2 rings (SSSR count). The second-order valence-corrected chi connectivity index (χ2v) is 4.40. The standard InChI is InChI=1S/C11H12N2O9/c14-3-4-6(16)7(17)8(21-4)9(18)22-11(20)13-5(15)1-2-12-10(13)19/h1-2,4,6-8,14,16-17H,3H2,(H,12,19)/t4-,6-,7-,8?/m1/s1. The molecule has 0 radical (unpaired) electrons. The van der Waals surface area contributed by atoms with Gasteiger partial charge >= 0.3 is 17.8 Å². The van der Waals surface area contributed by atoms with Gasteiger partial charge in [0.2, 0.25) is 0 Å². The number of hydrogen-bond donors (Lipinski definition) is 4. The monoisotopic (exact) mass is 316 g/mol. The number of aromatic nitrogens is 2. The molecule has 1 fully saturated rings. The third-order valence-corrected chi connectivity index (χ3v) is 3.00. The molecule has 11 nitrogen and oxygen atoms in total. The second kappa shape index (κ2) is 6.19. The predicted molar refractivity (Wildman–Crippen MR) is 66.0 cm³/mol. The number of rotatable bonds is 2. The minimum atomic E-state index is -1.74. The molecule has 0 amide bonds. The zero-order valence-electron chi connectivity index (χ0n) is 10.9. The summed E-state index contributed by atoms with van der Waals surface area (Å²) in [6.45, 7) is -0.673. The average molecular weight is 316 g/mol. The molecule has 2 heterocycles. The molecule has 0 spiro atoms. The highest BCUT2D eigenvalue weighted by Gasteiger charge is 2.47. The van der Waals surface area contributed by atoms with E-state index in [0.717, 1.165) is 12.3 Å². The fraction of sp³-hybridized carbons (Fsp3) is 0.455. The smallest absolute Gasteiger partial charge is 0.394 e. The molecule has 1 aromatic rings. The normalized spacial score (nSPS) is 27.6. The third kappa shape index (κ3) is 2.82. The zero-order chi connectivity index (χ0) is 16.4. The third-order valence-electron chi connectivity index (χ3n) is 3.00. The molecule has 1 aromatic heterocycles. The SMILES string of the molecule is O=C(OC(=O)n1c(=O)cc[nH]c1=O)C1O[C@H](CO)[C@@H](O)[C@H]1O. The number of aliphatic hydroxyl groups excluding tert-OH is 3. The Morgan fingerprint density at radius 2 is 2.00 bits per heavy atom. The van der Waals surface area contributed by atoms with E-state index in [-0.39, 0.29) is 4.57 Å². The molecule has 1 aliphatic heterocycles. The van der Waals surface area contributed by atoms with Gasteiger partial charge in [-0.15, -0.1) is 0 Å². The Balaban J connectivity index is 2.14. The van der Waals surface area contributed by atoms with E-state index in [1.54, 1.807) is 0 Å². The first-order valence-electron chi connectivity index (χ1n) is 6.06. The van der Waals surface area contributed by atoms with E-state index in [1.807, 2.05) is 4.98 Å². The lowest BCUT2D eigenvalue weighted by Crippen LogP contribution is -2.43. The zero-order valence-corrected chi connectivity index (χ0v) is 10.9. The van der Waals surface area contributed by atoms with Crippen LogP contribution in [0.1, 0.15) is 0 Å². The summed E-state index contributed by atoms with van der Waals surface area (Å²) < 4.78 is 9.15. The van der Waals surface area contributed by atoms with Crippen LogP contribution in [0.3, 0.4) is 0 Å². The average Bonchev–Trinajstić information content (AvgIpc) is 2.74. The summed E-state index contributed by atoms with van der Waals surface area (Å²) >= 11 is 0. The summed E-state index contributed by atoms with van der Waals surface area (Å²) in [5.74, 6) is -1.41. The predicted octanol–water partition coefficient (Wildman–Crippen LogP) is -3.47. The number of H-pyrrole nitrogens is 1. The molecule has 120 valence electrons. The van der Waals surface area contributed by atoms with Gasteiger partial charge in [-0.25, -0.2) is 14.4 Å². The summed E-state index contributed by atoms with van der Waals surface area (Å²) in [5, 5.41) is 27.9. The number of ether oxygens (including phenoxy) is 2. The van der Waals surface area contributed by atoms with Crippen LogP contribution in [0.5, 0.6) is 0 Å². The van der Waals surface area contributed by atoms with Crippen molar-refractivity contribution in [1.82, 2.24) is 9.55 Å². The molecular formula is C11H12N2O9. The quantitative estimate of drug-likeness (QED) is 0.320. The minimum Gasteiger partial charge on any atom is -0.394 e. The molecule has 11 heteroatoms. The van der Waals surface area contributed by atoms with Gasteiger partial charge in [0.1, 0.15) is 18.3 Å². The Kier molecular flexibility index (Phi) is 4.51. The summed E-state index contributed by atoms with van der Waals surface area (Å²) in [6.07, 6.45) is -6.85. The van der Waals surface area contributed by atoms with Crippen LogP contribution in [-0.2, 0) is 14.3 Å². The molecule has 1 unspecified atom stereocenters. The van der Waals surface area contributed by atoms with Crippen LogP contribution < -0.4 is 11.2 Å². The molecule has 4 N–H and O–H groups in total. The molecule has 1 aliphatic rings. The maximum atomic E-state index is 11.7. The number of nitrogens with zero attached hydrogens (tertiary/aromatic N) is 1. The van der Waals surface area contributed by atoms with Gasteiger partial charge in [0.25, 0.3) is 5.56 Å². The van der Waals surface area contributed by atoms with Crippen LogP contribution in [0.25, 0.3) is 0 Å². The van der Waals surface area contributed by atoms with Crippen molar-refractivity contribution < 1.29 is 34.4 Å². The molecular weight excluding hydrogens is 304 g/mol. The van der Waals surface area contributed by atoms with Crippen molar-refractivity contribution in [2.24, 2.45) is 0 Å². The van der Waals surface area contributed by atoms with Crippen LogP contribution in [0.15, 0.2) is 21.9 Å². The number of carbonyl (C=O) groups excluding carboxylic acids is 2. The summed E-state index contributed by atoms with van der Waals surface area (Å²) in [7, 11) is 0. The first-order chi connectivity index (χ1) is 10.4. The Hall–Kier alpha value is -2.34. The molecule has 4 atom stereocenters. The largest absolute Gasteiger partial charge is 0.433 e. The summed E-state index contributed by atoms with van der Waals surface area (Å²) in [6, 6.07) is 0.861. The lowest BCUT2D eigenvalue weighted by molar-refractivity contribution is -0.154. The van der Waals surface area contributed by atoms with E-state index >= 15 is 0 Å². The van der Waals surface area contributed by atoms with Gasteiger partial charge in [-0.3, -0.25) is 4.79 Å². The maximum Gasteiger partial charge on any atom is 0.433 e. The molecule has 1 saturated heterocycles. The summed E-state index contributed by atoms with van der Waals surface area (Å²) in [5.41, 5.74) is -2.14. The van der Waals surface area contributed by atoms with Crippen molar-refractivity contribution in [1.29, 1.82) is 0 Å². The van der Waals surface area contributed by atoms with E-state index in [2.05, 4.69) is 4.74 Å². The van der Waals surface area contributed by atoms with Crippen molar-refractivity contribution in [3.8, 4) is 0 Å². The van der Waals surface area contributed by atoms with Crippen LogP contribution in [0.4, 0.5) is 4.79 Å². The number of esters is 1. The Labute approximate surface area is 121 Å². The fourth-order valence-corrected chi connectivity index (χ4v) is 1.88. The van der Waals surface area contributed by atoms with Crippen molar-refractivity contribution >= 4 is 12.1 Å². The van der Waals surface area contributed by atoms with Gasteiger partial charge in [0, 0.05) is 12.3 Å². The first-order valence-corrected chi connectivity index (χ1v) is 6.06. The van der Waals surface area contributed by atoms with E-state index in [1.165, 1.54) is 0 Å². The molecule has 22 heavy (non-hydrogen) atoms. The van der Waals surface area contributed by atoms with Gasteiger partial charge in [-0.05, 0) is 0 Å². The lowest BCUT2D eigenvalue weighted by Gasteiger charge is -2.12. The van der Waals surface area contributed by atoms with Crippen LogP contribution >= 0.6 is 0 Å². The van der Waals surface area contributed by atoms with E-state index in [9.17, 15) is 29.4 Å². The summed E-state index contributed by atoms with van der Waals surface area (Å²) in [4.78, 5) is 48.1. The van der Waals surface area contributed by atoms with E-state index in [0.29, 0.717) is 0 Å². The Morgan fingerprint density at radius 3 is 2.55 bits per heavy atom. The second-order valence-electron chi connectivity index (χ2n) is 4.40. The van der Waals surface area contributed by atoms with E-state index < -0.39 is 54.3 Å². The Bertz CT molecular complexity index is 665. The van der Waals surface area contributed by atoms with Gasteiger partial charge in [-0.1, -0.05) is 0 Å². The van der Waals surface area contributed by atoms with Crippen LogP contribution in [0.2, 0.25) is 0 Å². The molecule has 0 saturated carbocycles. The maximum absolute atomic E-state index is 11.7.